The van der Waals surface area contributed by atoms with Gasteiger partial charge < -0.3 is 19.8 Å². The van der Waals surface area contributed by atoms with E-state index in [1.165, 1.54) is 167 Å². The van der Waals surface area contributed by atoms with Gasteiger partial charge in [0.15, 0.2) is 0 Å². The van der Waals surface area contributed by atoms with Gasteiger partial charge in [-0.3, -0.25) is 13.8 Å². The van der Waals surface area contributed by atoms with Crippen molar-refractivity contribution >= 4 is 13.7 Å². The summed E-state index contributed by atoms with van der Waals surface area (Å²) in [6.45, 7) is 4.72. The third kappa shape index (κ3) is 51.9. The lowest BCUT2D eigenvalue weighted by atomic mass is 10.0. The molecule has 0 rings (SSSR count). The maximum absolute atomic E-state index is 13.0. The van der Waals surface area contributed by atoms with E-state index in [2.05, 4.69) is 67.8 Å². The second-order valence-electron chi connectivity index (χ2n) is 20.3. The van der Waals surface area contributed by atoms with E-state index in [-0.39, 0.29) is 19.1 Å². The first-order chi connectivity index (χ1) is 32.5. The number of hydrogen-bond acceptors (Lipinski definition) is 5. The van der Waals surface area contributed by atoms with Crippen LogP contribution in [0.1, 0.15) is 251 Å². The molecule has 0 aromatic carbocycles. The van der Waals surface area contributed by atoms with Gasteiger partial charge in [-0.15, -0.1) is 0 Å². The lowest BCUT2D eigenvalue weighted by molar-refractivity contribution is -0.870. The standard InChI is InChI=1S/C58H109N2O6P/c1-6-8-10-12-14-16-18-20-22-24-25-26-27-28-29-30-31-32-33-34-35-36-38-40-42-44-46-48-50-52-58(62)59-56(55-66-67(63,64)65-54-53-60(3,4)5)57(61)51-49-47-45-43-41-39-37-23-21-19-17-15-13-11-9-7-2/h8,10,14,16,20,22,25-26,49,51,56-57,61H,6-7,9,11-13,15,17-19,21,23-24,27-48,50,52-55H2,1-5H3,(H-,59,62,63,64)/p+1/b10-8-,16-14-,22-20-,26-25-,51-49+. The molecule has 0 spiro atoms. The average molecular weight is 962 g/mol. The Hall–Kier alpha value is -1.80. The second kappa shape index (κ2) is 49.2. The Morgan fingerprint density at radius 3 is 1.31 bits per heavy atom. The highest BCUT2D eigenvalue weighted by Crippen LogP contribution is 2.43. The van der Waals surface area contributed by atoms with Gasteiger partial charge in [0, 0.05) is 6.42 Å². The van der Waals surface area contributed by atoms with Crippen LogP contribution < -0.4 is 5.32 Å². The molecule has 3 N–H and O–H groups in total. The minimum atomic E-state index is -4.34. The zero-order valence-electron chi connectivity index (χ0n) is 44.6. The van der Waals surface area contributed by atoms with Gasteiger partial charge in [0.2, 0.25) is 5.91 Å². The SMILES string of the molecule is CC/C=C\C/C=C\C/C=C\C/C=C\CCCCCCCCCCCCCCCCCCC(=O)NC(COP(=O)(O)OCC[N+](C)(C)C)C(O)/C=C/CCCCCCCCCCCCCCCC. The van der Waals surface area contributed by atoms with E-state index in [9.17, 15) is 19.4 Å². The molecule has 3 unspecified atom stereocenters. The summed E-state index contributed by atoms with van der Waals surface area (Å²) < 4.78 is 23.7. The third-order valence-electron chi connectivity index (χ3n) is 12.5. The van der Waals surface area contributed by atoms with Crippen molar-refractivity contribution in [1.29, 1.82) is 0 Å². The Kier molecular flexibility index (Phi) is 47.9. The van der Waals surface area contributed by atoms with Gasteiger partial charge in [0.1, 0.15) is 13.2 Å². The first kappa shape index (κ1) is 65.2. The van der Waals surface area contributed by atoms with Crippen molar-refractivity contribution in [2.75, 3.05) is 40.9 Å². The van der Waals surface area contributed by atoms with Gasteiger partial charge in [-0.25, -0.2) is 4.57 Å². The van der Waals surface area contributed by atoms with Crippen molar-refractivity contribution in [2.24, 2.45) is 0 Å². The quantitative estimate of drug-likeness (QED) is 0.0243. The van der Waals surface area contributed by atoms with E-state index in [4.69, 9.17) is 9.05 Å². The minimum absolute atomic E-state index is 0.0611. The summed E-state index contributed by atoms with van der Waals surface area (Å²) in [6.07, 6.45) is 66.0. The van der Waals surface area contributed by atoms with Gasteiger partial charge in [-0.2, -0.15) is 0 Å². The number of allylic oxidation sites excluding steroid dienone is 9. The number of unbranched alkanes of at least 4 members (excludes halogenated alkanes) is 30. The third-order valence-corrected chi connectivity index (χ3v) is 13.5. The summed E-state index contributed by atoms with van der Waals surface area (Å²) in [5, 5.41) is 13.9. The van der Waals surface area contributed by atoms with Crippen LogP contribution >= 0.6 is 7.82 Å². The number of phosphoric acid groups is 1. The maximum atomic E-state index is 13.0. The number of rotatable bonds is 51. The number of nitrogens with zero attached hydrogens (tertiary/aromatic N) is 1. The Morgan fingerprint density at radius 2 is 0.896 bits per heavy atom. The number of nitrogens with one attached hydrogen (secondary N) is 1. The molecular formula is C58H110N2O6P+. The molecule has 8 nitrogen and oxygen atoms in total. The van der Waals surface area contributed by atoms with Gasteiger partial charge in [-0.05, 0) is 57.8 Å². The molecule has 0 bridgehead atoms. The Balaban J connectivity index is 4.14. The number of likely N-dealkylation sites (N-methyl/N-ethyl adjacent to an activating group) is 1. The Labute approximate surface area is 415 Å². The van der Waals surface area contributed by atoms with Crippen LogP contribution in [0.5, 0.6) is 0 Å². The molecule has 1 amide bonds. The molecule has 0 aromatic rings. The monoisotopic (exact) mass is 962 g/mol. The zero-order valence-corrected chi connectivity index (χ0v) is 45.5. The van der Waals surface area contributed by atoms with Crippen molar-refractivity contribution in [3.05, 3.63) is 60.8 Å². The van der Waals surface area contributed by atoms with Crippen LogP contribution in [0, 0.1) is 0 Å². The lowest BCUT2D eigenvalue weighted by Gasteiger charge is -2.25. The molecule has 9 heteroatoms. The van der Waals surface area contributed by atoms with E-state index < -0.39 is 20.0 Å². The molecule has 0 aromatic heterocycles. The summed E-state index contributed by atoms with van der Waals surface area (Å²) in [5.74, 6) is -0.176. The van der Waals surface area contributed by atoms with Gasteiger partial charge in [0.25, 0.3) is 0 Å². The fourth-order valence-corrected chi connectivity index (χ4v) is 8.83. The molecular weight excluding hydrogens is 852 g/mol. The Bertz CT molecular complexity index is 1270. The first-order valence-electron chi connectivity index (χ1n) is 28.2. The predicted molar refractivity (Wildman–Crippen MR) is 290 cm³/mol. The highest BCUT2D eigenvalue weighted by Gasteiger charge is 2.27. The van der Waals surface area contributed by atoms with Crippen LogP contribution in [0.25, 0.3) is 0 Å². The van der Waals surface area contributed by atoms with E-state index >= 15 is 0 Å². The van der Waals surface area contributed by atoms with Crippen LogP contribution in [-0.4, -0.2) is 73.4 Å². The topological polar surface area (TPSA) is 105 Å². The van der Waals surface area contributed by atoms with Gasteiger partial charge in [-0.1, -0.05) is 248 Å². The smallest absolute Gasteiger partial charge is 0.387 e. The van der Waals surface area contributed by atoms with Gasteiger partial charge >= 0.3 is 7.82 Å². The van der Waals surface area contributed by atoms with Crippen molar-refractivity contribution < 1.29 is 32.9 Å². The first-order valence-corrected chi connectivity index (χ1v) is 29.7. The van der Waals surface area contributed by atoms with Gasteiger partial charge in [0.05, 0.1) is 39.9 Å². The van der Waals surface area contributed by atoms with E-state index in [0.29, 0.717) is 17.4 Å². The minimum Gasteiger partial charge on any atom is -0.387 e. The summed E-state index contributed by atoms with van der Waals surface area (Å²) in [6, 6.07) is -0.847. The number of carbonyl (C=O) groups is 1. The Morgan fingerprint density at radius 1 is 0.522 bits per heavy atom. The second-order valence-corrected chi connectivity index (χ2v) is 21.7. The van der Waals surface area contributed by atoms with Crippen LogP contribution in [-0.2, 0) is 18.4 Å². The maximum Gasteiger partial charge on any atom is 0.472 e. The van der Waals surface area contributed by atoms with Crippen molar-refractivity contribution in [3.63, 3.8) is 0 Å². The fourth-order valence-electron chi connectivity index (χ4n) is 8.09. The molecule has 0 aliphatic heterocycles. The number of phosphoric ester groups is 1. The number of hydrogen-bond donors (Lipinski definition) is 3. The number of aliphatic hydroxyl groups excluding tert-OH is 1. The molecule has 0 saturated carbocycles. The highest BCUT2D eigenvalue weighted by molar-refractivity contribution is 7.47. The summed E-state index contributed by atoms with van der Waals surface area (Å²) in [4.78, 5) is 23.3. The van der Waals surface area contributed by atoms with E-state index in [0.717, 1.165) is 64.2 Å². The molecule has 0 radical (unpaired) electrons. The predicted octanol–water partition coefficient (Wildman–Crippen LogP) is 16.9. The van der Waals surface area contributed by atoms with E-state index in [1.54, 1.807) is 6.08 Å². The summed E-state index contributed by atoms with van der Waals surface area (Å²) >= 11 is 0. The van der Waals surface area contributed by atoms with Crippen LogP contribution in [0.4, 0.5) is 0 Å². The molecule has 0 aliphatic rings. The lowest BCUT2D eigenvalue weighted by Crippen LogP contribution is -2.45. The van der Waals surface area contributed by atoms with E-state index in [1.807, 2.05) is 27.2 Å². The highest BCUT2D eigenvalue weighted by atomic mass is 31.2. The molecule has 0 heterocycles. The normalized spacial score (nSPS) is 14.4. The number of amides is 1. The van der Waals surface area contributed by atoms with Crippen LogP contribution in [0.2, 0.25) is 0 Å². The number of carbonyl (C=O) groups excluding carboxylic acids is 1. The zero-order chi connectivity index (χ0) is 49.2. The average Bonchev–Trinajstić information content (AvgIpc) is 3.29. The molecule has 392 valence electrons. The summed E-state index contributed by atoms with van der Waals surface area (Å²) in [5.41, 5.74) is 0. The molecule has 0 fully saturated rings. The number of aliphatic hydroxyl groups is 1. The van der Waals surface area contributed by atoms with Crippen molar-refractivity contribution in [1.82, 2.24) is 5.32 Å². The molecule has 0 saturated heterocycles. The molecule has 67 heavy (non-hydrogen) atoms. The number of quaternary nitrogens is 1. The molecule has 0 aliphatic carbocycles. The largest absolute Gasteiger partial charge is 0.472 e. The van der Waals surface area contributed by atoms with Crippen molar-refractivity contribution in [2.45, 2.75) is 264 Å². The van der Waals surface area contributed by atoms with Crippen LogP contribution in [0.15, 0.2) is 60.8 Å². The summed E-state index contributed by atoms with van der Waals surface area (Å²) in [7, 11) is 1.57. The van der Waals surface area contributed by atoms with Crippen molar-refractivity contribution in [3.8, 4) is 0 Å². The fraction of sp³-hybridized carbons (Fsp3) is 0.810. The molecule has 3 atom stereocenters. The van der Waals surface area contributed by atoms with Crippen LogP contribution in [0.3, 0.4) is 0 Å².